The Hall–Kier alpha value is -6.13. The van der Waals surface area contributed by atoms with Gasteiger partial charge >= 0.3 is 0 Å². The molecule has 0 unspecified atom stereocenters. The molecule has 4 nitrogen and oxygen atoms in total. The molecule has 0 amide bonds. The molecule has 2 aromatic heterocycles. The average molecular weight is 576 g/mol. The number of hydrogen-bond donors (Lipinski definition) is 0. The van der Waals surface area contributed by atoms with Crippen molar-refractivity contribution >= 4 is 43.5 Å². The highest BCUT2D eigenvalue weighted by molar-refractivity contribution is 6.19. The maximum absolute atomic E-state index is 6.17. The number of furan rings is 1. The Morgan fingerprint density at radius 1 is 0.356 bits per heavy atom. The van der Waals surface area contributed by atoms with Crippen LogP contribution in [-0.2, 0) is 0 Å². The summed E-state index contributed by atoms with van der Waals surface area (Å²) in [5, 5.41) is 6.88. The lowest BCUT2D eigenvalue weighted by molar-refractivity contribution is 0.669. The molecule has 7 aromatic carbocycles. The van der Waals surface area contributed by atoms with Crippen LogP contribution in [0.2, 0.25) is 0 Å². The van der Waals surface area contributed by atoms with Crippen LogP contribution in [0.3, 0.4) is 0 Å². The van der Waals surface area contributed by atoms with Crippen molar-refractivity contribution < 1.29 is 4.42 Å². The molecular formula is C41H25N3O. The summed E-state index contributed by atoms with van der Waals surface area (Å²) in [4.78, 5) is 15.1. The van der Waals surface area contributed by atoms with Crippen molar-refractivity contribution in [2.75, 3.05) is 0 Å². The fraction of sp³-hybridized carbons (Fsp3) is 0. The number of nitrogens with zero attached hydrogens (tertiary/aromatic N) is 3. The predicted octanol–water partition coefficient (Wildman–Crippen LogP) is 10.7. The first-order valence-corrected chi connectivity index (χ1v) is 15.0. The molecule has 45 heavy (non-hydrogen) atoms. The third-order valence-electron chi connectivity index (χ3n) is 8.50. The Labute approximate surface area is 259 Å². The number of benzene rings is 7. The van der Waals surface area contributed by atoms with Crippen LogP contribution < -0.4 is 0 Å². The molecule has 0 fully saturated rings. The van der Waals surface area contributed by atoms with Crippen LogP contribution in [0, 0.1) is 0 Å². The van der Waals surface area contributed by atoms with E-state index in [1.807, 2.05) is 72.8 Å². The van der Waals surface area contributed by atoms with E-state index in [4.69, 9.17) is 19.4 Å². The van der Waals surface area contributed by atoms with E-state index in [0.717, 1.165) is 65.9 Å². The van der Waals surface area contributed by atoms with E-state index in [2.05, 4.69) is 78.9 Å². The zero-order valence-electron chi connectivity index (χ0n) is 24.2. The van der Waals surface area contributed by atoms with Crippen molar-refractivity contribution in [2.24, 2.45) is 0 Å². The van der Waals surface area contributed by atoms with E-state index in [-0.39, 0.29) is 0 Å². The lowest BCUT2D eigenvalue weighted by Gasteiger charge is -2.14. The first kappa shape index (κ1) is 25.4. The second-order valence-electron chi connectivity index (χ2n) is 11.3. The molecule has 0 aliphatic rings. The molecule has 0 atom stereocenters. The largest absolute Gasteiger partial charge is 0.456 e. The van der Waals surface area contributed by atoms with Gasteiger partial charge in [-0.05, 0) is 63.0 Å². The summed E-state index contributed by atoms with van der Waals surface area (Å²) in [7, 11) is 0. The van der Waals surface area contributed by atoms with Crippen LogP contribution in [0.15, 0.2) is 156 Å². The topological polar surface area (TPSA) is 51.8 Å². The zero-order chi connectivity index (χ0) is 29.7. The van der Waals surface area contributed by atoms with Gasteiger partial charge in [-0.25, -0.2) is 15.0 Å². The first-order chi connectivity index (χ1) is 22.3. The van der Waals surface area contributed by atoms with Crippen molar-refractivity contribution in [3.05, 3.63) is 152 Å². The molecule has 0 radical (unpaired) electrons. The maximum atomic E-state index is 6.17. The van der Waals surface area contributed by atoms with Gasteiger partial charge in [-0.3, -0.25) is 0 Å². The number of rotatable bonds is 4. The fourth-order valence-electron chi connectivity index (χ4n) is 6.31. The van der Waals surface area contributed by atoms with Gasteiger partial charge in [0.2, 0.25) is 0 Å². The van der Waals surface area contributed by atoms with Crippen LogP contribution in [-0.4, -0.2) is 15.0 Å². The summed E-state index contributed by atoms with van der Waals surface area (Å²) in [6.45, 7) is 0. The SMILES string of the molecule is c1ccc(-c2nc(-c3ccccc3)nc(-c3cc4ccccc4cc3-c3ccc4c(ccc5oc6ccccc6c54)c3)n2)cc1. The second-order valence-corrected chi connectivity index (χ2v) is 11.3. The van der Waals surface area contributed by atoms with Gasteiger partial charge in [0.25, 0.3) is 0 Å². The lowest BCUT2D eigenvalue weighted by atomic mass is 9.92. The normalized spacial score (nSPS) is 11.6. The minimum absolute atomic E-state index is 0.639. The standard InChI is InChI=1S/C41H25N3O/c1-3-11-26(12-4-1)39-42-40(27-13-5-2-6-14-27)44-41(43-39)35-25-29-16-8-7-15-28(29)24-34(35)31-19-21-32-30(23-31)20-22-37-38(32)33-17-9-10-18-36(33)45-37/h1-25H. The Kier molecular flexibility index (Phi) is 5.78. The highest BCUT2D eigenvalue weighted by Crippen LogP contribution is 2.39. The van der Waals surface area contributed by atoms with Gasteiger partial charge < -0.3 is 4.42 Å². The molecule has 0 N–H and O–H groups in total. The van der Waals surface area contributed by atoms with Gasteiger partial charge in [-0.2, -0.15) is 0 Å². The molecule has 2 heterocycles. The van der Waals surface area contributed by atoms with Crippen molar-refractivity contribution in [1.29, 1.82) is 0 Å². The monoisotopic (exact) mass is 575 g/mol. The molecule has 0 saturated heterocycles. The molecule has 0 aliphatic heterocycles. The third-order valence-corrected chi connectivity index (χ3v) is 8.50. The van der Waals surface area contributed by atoms with Crippen LogP contribution >= 0.6 is 0 Å². The van der Waals surface area contributed by atoms with Gasteiger partial charge in [0, 0.05) is 27.5 Å². The van der Waals surface area contributed by atoms with E-state index < -0.39 is 0 Å². The Morgan fingerprint density at radius 3 is 1.67 bits per heavy atom. The van der Waals surface area contributed by atoms with E-state index in [1.54, 1.807) is 0 Å². The molecule has 9 rings (SSSR count). The fourth-order valence-corrected chi connectivity index (χ4v) is 6.31. The van der Waals surface area contributed by atoms with E-state index in [0.29, 0.717) is 17.5 Å². The third kappa shape index (κ3) is 4.35. The maximum Gasteiger partial charge on any atom is 0.164 e. The summed E-state index contributed by atoms with van der Waals surface area (Å²) in [6.07, 6.45) is 0. The number of para-hydroxylation sites is 1. The minimum Gasteiger partial charge on any atom is -0.456 e. The molecule has 210 valence electrons. The molecule has 4 heteroatoms. The van der Waals surface area contributed by atoms with Crippen LogP contribution in [0.5, 0.6) is 0 Å². The van der Waals surface area contributed by atoms with Crippen molar-refractivity contribution in [3.8, 4) is 45.3 Å². The van der Waals surface area contributed by atoms with Gasteiger partial charge in [-0.1, -0.05) is 121 Å². The van der Waals surface area contributed by atoms with Crippen molar-refractivity contribution in [1.82, 2.24) is 15.0 Å². The van der Waals surface area contributed by atoms with E-state index in [1.165, 1.54) is 5.39 Å². The molecule has 0 aliphatic carbocycles. The Balaban J connectivity index is 1.30. The van der Waals surface area contributed by atoms with Gasteiger partial charge in [0.1, 0.15) is 11.2 Å². The van der Waals surface area contributed by atoms with E-state index in [9.17, 15) is 0 Å². The number of hydrogen-bond acceptors (Lipinski definition) is 4. The van der Waals surface area contributed by atoms with Crippen LogP contribution in [0.4, 0.5) is 0 Å². The smallest absolute Gasteiger partial charge is 0.164 e. The van der Waals surface area contributed by atoms with Gasteiger partial charge in [-0.15, -0.1) is 0 Å². The Morgan fingerprint density at radius 2 is 0.956 bits per heavy atom. The average Bonchev–Trinajstić information content (AvgIpc) is 3.51. The molecule has 0 saturated carbocycles. The quantitative estimate of drug-likeness (QED) is 0.209. The Bertz CT molecular complexity index is 2480. The highest BCUT2D eigenvalue weighted by atomic mass is 16.3. The molecular weight excluding hydrogens is 550 g/mol. The van der Waals surface area contributed by atoms with Gasteiger partial charge in [0.15, 0.2) is 17.5 Å². The lowest BCUT2D eigenvalue weighted by Crippen LogP contribution is -2.01. The summed E-state index contributed by atoms with van der Waals surface area (Å²) >= 11 is 0. The summed E-state index contributed by atoms with van der Waals surface area (Å²) < 4.78 is 6.17. The zero-order valence-corrected chi connectivity index (χ0v) is 24.2. The second kappa shape index (κ2) is 10.2. The van der Waals surface area contributed by atoms with Crippen molar-refractivity contribution in [2.45, 2.75) is 0 Å². The molecule has 9 aromatic rings. The molecule has 0 bridgehead atoms. The first-order valence-electron chi connectivity index (χ1n) is 15.0. The summed E-state index contributed by atoms with van der Waals surface area (Å²) in [6, 6.07) is 52.3. The van der Waals surface area contributed by atoms with Crippen molar-refractivity contribution in [3.63, 3.8) is 0 Å². The van der Waals surface area contributed by atoms with Crippen LogP contribution in [0.25, 0.3) is 88.8 Å². The predicted molar refractivity (Wildman–Crippen MR) is 184 cm³/mol. The van der Waals surface area contributed by atoms with Crippen LogP contribution in [0.1, 0.15) is 0 Å². The highest BCUT2D eigenvalue weighted by Gasteiger charge is 2.18. The molecule has 0 spiro atoms. The minimum atomic E-state index is 0.639. The van der Waals surface area contributed by atoms with E-state index >= 15 is 0 Å². The van der Waals surface area contributed by atoms with Gasteiger partial charge in [0.05, 0.1) is 0 Å². The number of fused-ring (bicyclic) bond motifs is 6. The number of aromatic nitrogens is 3. The summed E-state index contributed by atoms with van der Waals surface area (Å²) in [5.41, 5.74) is 6.81. The summed E-state index contributed by atoms with van der Waals surface area (Å²) in [5.74, 6) is 1.93.